The smallest absolute Gasteiger partial charge is 0.269 e. The minimum atomic E-state index is -1.41. The van der Waals surface area contributed by atoms with Crippen LogP contribution in [0.15, 0.2) is 47.3 Å². The topological polar surface area (TPSA) is 121 Å². The Bertz CT molecular complexity index is 741. The van der Waals surface area contributed by atoms with E-state index in [0.717, 1.165) is 18.2 Å². The van der Waals surface area contributed by atoms with Crippen molar-refractivity contribution in [2.75, 3.05) is 0 Å². The van der Waals surface area contributed by atoms with Crippen molar-refractivity contribution in [2.24, 2.45) is 0 Å². The van der Waals surface area contributed by atoms with Crippen molar-refractivity contribution in [3.63, 3.8) is 0 Å². The number of benzene rings is 1. The molecule has 2 aromatic carbocycles. The number of nitro benzene ring substituents is 1. The molecule has 1 unspecified atom stereocenters. The summed E-state index contributed by atoms with van der Waals surface area (Å²) in [6.45, 7) is 0. The number of non-ortho nitro benzene ring substituents is 1. The lowest BCUT2D eigenvalue weighted by Crippen LogP contribution is -2.03. The summed E-state index contributed by atoms with van der Waals surface area (Å²) in [6.07, 6.45) is -1.41. The molecule has 0 aliphatic rings. The summed E-state index contributed by atoms with van der Waals surface area (Å²) in [5.41, 5.74) is -0.611. The largest absolute Gasteiger partial charge is 0.504 e. The number of nitro groups is 1. The van der Waals surface area contributed by atoms with Crippen molar-refractivity contribution in [1.29, 1.82) is 0 Å². The van der Waals surface area contributed by atoms with E-state index in [1.54, 1.807) is 0 Å². The highest BCUT2D eigenvalue weighted by Gasteiger charge is 2.18. The van der Waals surface area contributed by atoms with Crippen LogP contribution >= 0.6 is 0 Å². The van der Waals surface area contributed by atoms with Crippen LogP contribution in [0.3, 0.4) is 0 Å². The second kappa shape index (κ2) is 5.59. The SMILES string of the molecule is O=c1ccc(O)c(O)c(C(O)c2ccc([N+](=O)[O-])cc2)c1. The zero-order chi connectivity index (χ0) is 15.6. The maximum atomic E-state index is 11.5. The Morgan fingerprint density at radius 3 is 2.24 bits per heavy atom. The van der Waals surface area contributed by atoms with Crippen LogP contribution in [0.1, 0.15) is 17.2 Å². The number of hydrogen-bond donors (Lipinski definition) is 3. The van der Waals surface area contributed by atoms with E-state index in [4.69, 9.17) is 0 Å². The number of nitrogens with zero attached hydrogens (tertiary/aromatic N) is 1. The van der Waals surface area contributed by atoms with E-state index >= 15 is 0 Å². The maximum absolute atomic E-state index is 11.5. The minimum Gasteiger partial charge on any atom is -0.504 e. The lowest BCUT2D eigenvalue weighted by molar-refractivity contribution is -0.384. The summed E-state index contributed by atoms with van der Waals surface area (Å²) in [5, 5.41) is 40.1. The van der Waals surface area contributed by atoms with Crippen LogP contribution in [0.25, 0.3) is 0 Å². The normalized spacial score (nSPS) is 11.9. The van der Waals surface area contributed by atoms with Gasteiger partial charge in [-0.3, -0.25) is 14.9 Å². The molecule has 0 heterocycles. The molecule has 0 amide bonds. The van der Waals surface area contributed by atoms with Crippen LogP contribution in [0.5, 0.6) is 11.5 Å². The molecule has 0 aliphatic heterocycles. The van der Waals surface area contributed by atoms with Crippen LogP contribution in [0.4, 0.5) is 5.69 Å². The van der Waals surface area contributed by atoms with Gasteiger partial charge in [-0.2, -0.15) is 0 Å². The number of aromatic hydroxyl groups is 2. The predicted molar refractivity (Wildman–Crippen MR) is 73.2 cm³/mol. The van der Waals surface area contributed by atoms with Gasteiger partial charge in [0.2, 0.25) is 0 Å². The van der Waals surface area contributed by atoms with Gasteiger partial charge in [-0.1, -0.05) is 0 Å². The van der Waals surface area contributed by atoms with Gasteiger partial charge in [0, 0.05) is 17.7 Å². The van der Waals surface area contributed by atoms with Gasteiger partial charge in [-0.15, -0.1) is 0 Å². The van der Waals surface area contributed by atoms with Gasteiger partial charge in [0.05, 0.1) is 4.92 Å². The van der Waals surface area contributed by atoms with Crippen LogP contribution in [-0.4, -0.2) is 20.2 Å². The highest BCUT2D eigenvalue weighted by Crippen LogP contribution is 2.34. The van der Waals surface area contributed by atoms with Crippen molar-refractivity contribution >= 4 is 5.69 Å². The Balaban J connectivity index is 2.50. The first-order valence-corrected chi connectivity index (χ1v) is 5.89. The highest BCUT2D eigenvalue weighted by molar-refractivity contribution is 5.47. The molecule has 0 fully saturated rings. The molecule has 3 N–H and O–H groups in total. The third-order valence-electron chi connectivity index (χ3n) is 2.93. The number of aliphatic hydroxyl groups excluding tert-OH is 1. The van der Waals surface area contributed by atoms with Crippen LogP contribution in [0, 0.1) is 10.1 Å². The van der Waals surface area contributed by atoms with Crippen molar-refractivity contribution in [1.82, 2.24) is 0 Å². The lowest BCUT2D eigenvalue weighted by atomic mass is 10.0. The molecule has 108 valence electrons. The van der Waals surface area contributed by atoms with Gasteiger partial charge >= 0.3 is 0 Å². The molecule has 21 heavy (non-hydrogen) atoms. The molecule has 0 aliphatic carbocycles. The Kier molecular flexibility index (Phi) is 3.86. The molecular formula is C14H11NO6. The summed E-state index contributed by atoms with van der Waals surface area (Å²) < 4.78 is 0. The monoisotopic (exact) mass is 289 g/mol. The van der Waals surface area contributed by atoms with Crippen molar-refractivity contribution in [3.05, 3.63) is 73.9 Å². The first-order valence-electron chi connectivity index (χ1n) is 5.89. The third-order valence-corrected chi connectivity index (χ3v) is 2.93. The van der Waals surface area contributed by atoms with E-state index in [0.29, 0.717) is 0 Å². The molecular weight excluding hydrogens is 278 g/mol. The van der Waals surface area contributed by atoms with E-state index in [9.17, 15) is 30.2 Å². The van der Waals surface area contributed by atoms with E-state index < -0.39 is 28.0 Å². The van der Waals surface area contributed by atoms with E-state index in [1.165, 1.54) is 24.3 Å². The lowest BCUT2D eigenvalue weighted by Gasteiger charge is -2.11. The molecule has 2 rings (SSSR count). The van der Waals surface area contributed by atoms with Crippen molar-refractivity contribution in [3.8, 4) is 11.5 Å². The van der Waals surface area contributed by atoms with Crippen LogP contribution in [0.2, 0.25) is 0 Å². The molecule has 0 bridgehead atoms. The van der Waals surface area contributed by atoms with Gasteiger partial charge in [0.1, 0.15) is 6.10 Å². The number of hydrogen-bond acceptors (Lipinski definition) is 6. The summed E-state index contributed by atoms with van der Waals surface area (Å²) in [5.74, 6) is -1.17. The number of aliphatic hydroxyl groups is 1. The molecule has 7 nitrogen and oxygen atoms in total. The zero-order valence-corrected chi connectivity index (χ0v) is 10.6. The standard InChI is InChI=1S/C14H11NO6/c16-10-5-6-12(17)14(19)11(7-10)13(18)8-1-3-9(4-2-8)15(20)21/h1-7,13,17-19H. The molecule has 0 saturated heterocycles. The fraction of sp³-hybridized carbons (Fsp3) is 0.0714. The summed E-state index contributed by atoms with van der Waals surface area (Å²) >= 11 is 0. The molecule has 7 heteroatoms. The van der Waals surface area contributed by atoms with E-state index in [1.807, 2.05) is 0 Å². The fourth-order valence-electron chi connectivity index (χ4n) is 1.82. The second-order valence-electron chi connectivity index (χ2n) is 4.32. The average Bonchev–Trinajstić information content (AvgIpc) is 2.60. The van der Waals surface area contributed by atoms with Crippen LogP contribution in [-0.2, 0) is 0 Å². The van der Waals surface area contributed by atoms with Gasteiger partial charge in [-0.05, 0) is 35.9 Å². The van der Waals surface area contributed by atoms with E-state index in [2.05, 4.69) is 0 Å². The Labute approximate surface area is 118 Å². The van der Waals surface area contributed by atoms with Gasteiger partial charge in [-0.25, -0.2) is 0 Å². The van der Waals surface area contributed by atoms with Gasteiger partial charge in [0.25, 0.3) is 5.69 Å². The molecule has 0 radical (unpaired) electrons. The Hall–Kier alpha value is -2.93. The summed E-state index contributed by atoms with van der Waals surface area (Å²) in [7, 11) is 0. The van der Waals surface area contributed by atoms with Crippen molar-refractivity contribution < 1.29 is 20.2 Å². The number of rotatable bonds is 3. The molecule has 2 aromatic rings. The summed E-state index contributed by atoms with van der Waals surface area (Å²) in [6, 6.07) is 8.03. The highest BCUT2D eigenvalue weighted by atomic mass is 16.6. The van der Waals surface area contributed by atoms with E-state index in [-0.39, 0.29) is 16.8 Å². The molecule has 0 aromatic heterocycles. The third kappa shape index (κ3) is 2.98. The van der Waals surface area contributed by atoms with Gasteiger partial charge < -0.3 is 15.3 Å². The summed E-state index contributed by atoms with van der Waals surface area (Å²) in [4.78, 5) is 21.4. The average molecular weight is 289 g/mol. The molecule has 0 saturated carbocycles. The van der Waals surface area contributed by atoms with Gasteiger partial charge in [0.15, 0.2) is 16.9 Å². The van der Waals surface area contributed by atoms with Crippen molar-refractivity contribution in [2.45, 2.75) is 6.10 Å². The maximum Gasteiger partial charge on any atom is 0.269 e. The first-order chi connectivity index (χ1) is 9.90. The quantitative estimate of drug-likeness (QED) is 0.581. The molecule has 1 atom stereocenters. The molecule has 0 spiro atoms. The second-order valence-corrected chi connectivity index (χ2v) is 4.32. The predicted octanol–water partition coefficient (Wildman–Crippen LogP) is 1.45. The zero-order valence-electron chi connectivity index (χ0n) is 10.6. The minimum absolute atomic E-state index is 0.152. The Morgan fingerprint density at radius 1 is 1.05 bits per heavy atom. The van der Waals surface area contributed by atoms with Crippen LogP contribution < -0.4 is 5.43 Å². The Morgan fingerprint density at radius 2 is 1.67 bits per heavy atom. The first kappa shape index (κ1) is 14.5. The fourth-order valence-corrected chi connectivity index (χ4v) is 1.82.